The number of aliphatic hydroxyl groups is 2. The molecule has 0 rings (SSSR count). The van der Waals surface area contributed by atoms with Crippen LogP contribution in [0.3, 0.4) is 0 Å². The molecule has 0 spiro atoms. The van der Waals surface area contributed by atoms with Gasteiger partial charge in [-0.15, -0.1) is 0 Å². The molecule has 0 aliphatic rings. The van der Waals surface area contributed by atoms with Gasteiger partial charge in [0.1, 0.15) is 12.2 Å². The topological polar surface area (TPSA) is 132 Å². The van der Waals surface area contributed by atoms with Gasteiger partial charge in [0.2, 0.25) is 0 Å². The molecule has 3 unspecified atom stereocenters. The van der Waals surface area contributed by atoms with Crippen LogP contribution in [0.15, 0.2) is 60.8 Å². The van der Waals surface area contributed by atoms with E-state index in [0.717, 1.165) is 77.0 Å². The molecule has 0 aliphatic heterocycles. The number of carbonyl (C=O) groups is 1. The SMILES string of the molecule is CC/C=C\C/C=C\C/C=C\C/C=C\C/C=C\CCCCCCCCCCOCC(COP(=O)(O)OCC(O)CO)OC(=O)CCCCCCCCCCCCCCCCCCCCCCCC. The monoisotopic (exact) mass is 965 g/mol. The number of phosphoric acid groups is 1. The molecule has 392 valence electrons. The molecule has 0 aliphatic carbocycles. The summed E-state index contributed by atoms with van der Waals surface area (Å²) in [5.41, 5.74) is 0. The van der Waals surface area contributed by atoms with E-state index in [-0.39, 0.29) is 25.6 Å². The number of rotatable bonds is 53. The van der Waals surface area contributed by atoms with E-state index in [4.69, 9.17) is 23.6 Å². The summed E-state index contributed by atoms with van der Waals surface area (Å²) in [5, 5.41) is 18.5. The van der Waals surface area contributed by atoms with Gasteiger partial charge in [0.15, 0.2) is 0 Å². The Kier molecular flexibility index (Phi) is 52.0. The number of phosphoric ester groups is 1. The molecule has 0 aromatic rings. The van der Waals surface area contributed by atoms with Crippen LogP contribution < -0.4 is 0 Å². The Bertz CT molecular complexity index is 1230. The highest BCUT2D eigenvalue weighted by Gasteiger charge is 2.26. The fourth-order valence-electron chi connectivity index (χ4n) is 7.80. The van der Waals surface area contributed by atoms with E-state index in [1.165, 1.54) is 154 Å². The van der Waals surface area contributed by atoms with E-state index in [2.05, 4.69) is 74.6 Å². The normalized spacial score (nSPS) is 14.2. The third-order valence-electron chi connectivity index (χ3n) is 12.0. The smallest absolute Gasteiger partial charge is 0.457 e. The van der Waals surface area contributed by atoms with Crippen molar-refractivity contribution >= 4 is 13.8 Å². The summed E-state index contributed by atoms with van der Waals surface area (Å²) >= 11 is 0. The van der Waals surface area contributed by atoms with Gasteiger partial charge in [0.25, 0.3) is 0 Å². The maximum absolute atomic E-state index is 12.7. The van der Waals surface area contributed by atoms with Crippen molar-refractivity contribution in [3.63, 3.8) is 0 Å². The first-order valence-corrected chi connectivity index (χ1v) is 29.3. The molecule has 0 saturated carbocycles. The number of allylic oxidation sites excluding steroid dienone is 10. The minimum Gasteiger partial charge on any atom is -0.457 e. The van der Waals surface area contributed by atoms with E-state index in [0.29, 0.717) is 6.61 Å². The second kappa shape index (κ2) is 53.5. The second-order valence-electron chi connectivity index (χ2n) is 18.6. The van der Waals surface area contributed by atoms with Crippen LogP contribution in [0.1, 0.15) is 251 Å². The number of carbonyl (C=O) groups excluding carboxylic acids is 1. The molecule has 0 radical (unpaired) electrons. The largest absolute Gasteiger partial charge is 0.472 e. The lowest BCUT2D eigenvalue weighted by Gasteiger charge is -2.20. The molecule has 0 fully saturated rings. The van der Waals surface area contributed by atoms with E-state index in [1.807, 2.05) is 0 Å². The quantitative estimate of drug-likeness (QED) is 0.0236. The number of esters is 1. The lowest BCUT2D eigenvalue weighted by Crippen LogP contribution is -2.29. The van der Waals surface area contributed by atoms with Gasteiger partial charge in [-0.2, -0.15) is 0 Å². The van der Waals surface area contributed by atoms with Crippen molar-refractivity contribution in [1.29, 1.82) is 0 Å². The summed E-state index contributed by atoms with van der Waals surface area (Å²) in [5.74, 6) is -0.382. The average molecular weight is 965 g/mol. The van der Waals surface area contributed by atoms with Gasteiger partial charge >= 0.3 is 13.8 Å². The summed E-state index contributed by atoms with van der Waals surface area (Å²) in [7, 11) is -4.53. The molecule has 0 heterocycles. The van der Waals surface area contributed by atoms with Crippen LogP contribution in [0.2, 0.25) is 0 Å². The van der Waals surface area contributed by atoms with Crippen molar-refractivity contribution in [3.05, 3.63) is 60.8 Å². The predicted molar refractivity (Wildman–Crippen MR) is 283 cm³/mol. The van der Waals surface area contributed by atoms with Crippen molar-refractivity contribution in [2.24, 2.45) is 0 Å². The number of hydrogen-bond acceptors (Lipinski definition) is 8. The highest BCUT2D eigenvalue weighted by atomic mass is 31.2. The Hall–Kier alpha value is -1.84. The van der Waals surface area contributed by atoms with Crippen LogP contribution in [-0.4, -0.2) is 66.3 Å². The highest BCUT2D eigenvalue weighted by molar-refractivity contribution is 7.47. The molecule has 0 amide bonds. The van der Waals surface area contributed by atoms with Crippen LogP contribution in [0.25, 0.3) is 0 Å². The Morgan fingerprint density at radius 3 is 1.28 bits per heavy atom. The fourth-order valence-corrected chi connectivity index (χ4v) is 8.59. The van der Waals surface area contributed by atoms with Gasteiger partial charge in [-0.3, -0.25) is 13.8 Å². The summed E-state index contributed by atoms with van der Waals surface area (Å²) in [6.07, 6.45) is 64.8. The van der Waals surface area contributed by atoms with E-state index in [9.17, 15) is 19.4 Å². The molecule has 3 atom stereocenters. The molecule has 0 saturated heterocycles. The zero-order chi connectivity index (χ0) is 48.8. The van der Waals surface area contributed by atoms with Gasteiger partial charge in [-0.1, -0.05) is 248 Å². The molecule has 0 aromatic heterocycles. The van der Waals surface area contributed by atoms with Gasteiger partial charge in [-0.25, -0.2) is 4.57 Å². The molecule has 3 N–H and O–H groups in total. The average Bonchev–Trinajstić information content (AvgIpc) is 3.32. The van der Waals surface area contributed by atoms with Crippen molar-refractivity contribution in [3.8, 4) is 0 Å². The third kappa shape index (κ3) is 53.4. The molecule has 9 nitrogen and oxygen atoms in total. The summed E-state index contributed by atoms with van der Waals surface area (Å²) < 4.78 is 33.6. The van der Waals surface area contributed by atoms with Crippen molar-refractivity contribution in [2.75, 3.05) is 33.0 Å². The Labute approximate surface area is 412 Å². The number of hydrogen-bond donors (Lipinski definition) is 3. The Morgan fingerprint density at radius 1 is 0.478 bits per heavy atom. The number of aliphatic hydroxyl groups excluding tert-OH is 2. The fraction of sp³-hybridized carbons (Fsp3) is 0.807. The molecule has 67 heavy (non-hydrogen) atoms. The Balaban J connectivity index is 4.04. The maximum atomic E-state index is 12.7. The van der Waals surface area contributed by atoms with Crippen molar-refractivity contribution in [2.45, 2.75) is 264 Å². The van der Waals surface area contributed by atoms with Crippen LogP contribution in [0, 0.1) is 0 Å². The van der Waals surface area contributed by atoms with Gasteiger partial charge in [-0.05, 0) is 57.8 Å². The first kappa shape index (κ1) is 65.2. The minimum absolute atomic E-state index is 0.0439. The highest BCUT2D eigenvalue weighted by Crippen LogP contribution is 2.43. The molecule has 0 aromatic carbocycles. The number of ether oxygens (including phenoxy) is 2. The lowest BCUT2D eigenvalue weighted by molar-refractivity contribution is -0.154. The molecular weight excluding hydrogens is 860 g/mol. The van der Waals surface area contributed by atoms with Gasteiger partial charge < -0.3 is 24.6 Å². The van der Waals surface area contributed by atoms with E-state index < -0.39 is 33.2 Å². The minimum atomic E-state index is -4.53. The van der Waals surface area contributed by atoms with Gasteiger partial charge in [0, 0.05) is 13.0 Å². The van der Waals surface area contributed by atoms with Crippen LogP contribution in [-0.2, 0) is 27.9 Å². The van der Waals surface area contributed by atoms with Crippen LogP contribution in [0.5, 0.6) is 0 Å². The lowest BCUT2D eigenvalue weighted by atomic mass is 10.0. The summed E-state index contributed by atoms with van der Waals surface area (Å²) in [6.45, 7) is 3.43. The molecular formula is C57H105O9P. The molecule has 10 heteroatoms. The maximum Gasteiger partial charge on any atom is 0.472 e. The standard InChI is InChI=1S/C57H105O9P/c1-3-5-7-9-11-13-15-17-19-21-23-25-27-28-30-32-34-36-38-40-42-44-46-48-50-63-53-56(54-65-67(61,62)64-52-55(59)51-58)66-57(60)49-47-45-43-41-39-37-35-33-31-29-26-24-22-20-18-16-14-12-10-8-6-4-2/h5,7,11,13,17,19,23,25,28,30,55-56,58-59H,3-4,6,8-10,12,14-16,18,20-22,24,26-27,29,31-54H2,1-2H3,(H,61,62)/b7-5-,13-11-,19-17-,25-23-,30-28-. The Morgan fingerprint density at radius 2 is 0.851 bits per heavy atom. The van der Waals surface area contributed by atoms with Crippen LogP contribution >= 0.6 is 7.82 Å². The predicted octanol–water partition coefficient (Wildman–Crippen LogP) is 16.7. The van der Waals surface area contributed by atoms with Crippen LogP contribution in [0.4, 0.5) is 0 Å². The third-order valence-corrected chi connectivity index (χ3v) is 12.9. The number of unbranched alkanes of at least 4 members (excludes halogenated alkanes) is 29. The second-order valence-corrected chi connectivity index (χ2v) is 20.0. The van der Waals surface area contributed by atoms with E-state index in [1.54, 1.807) is 0 Å². The first-order chi connectivity index (χ1) is 32.8. The van der Waals surface area contributed by atoms with Crippen molar-refractivity contribution < 1.29 is 43.0 Å². The van der Waals surface area contributed by atoms with Gasteiger partial charge in [0.05, 0.1) is 26.4 Å². The summed E-state index contributed by atoms with van der Waals surface area (Å²) in [6, 6.07) is 0. The molecule has 0 bridgehead atoms. The zero-order valence-corrected chi connectivity index (χ0v) is 44.3. The zero-order valence-electron chi connectivity index (χ0n) is 43.4. The van der Waals surface area contributed by atoms with E-state index >= 15 is 0 Å². The summed E-state index contributed by atoms with van der Waals surface area (Å²) in [4.78, 5) is 22.8. The van der Waals surface area contributed by atoms with Crippen molar-refractivity contribution in [1.82, 2.24) is 0 Å². The first-order valence-electron chi connectivity index (χ1n) is 27.8.